The van der Waals surface area contributed by atoms with Gasteiger partial charge in [0.15, 0.2) is 0 Å². The van der Waals surface area contributed by atoms with Gasteiger partial charge in [-0.15, -0.1) is 0 Å². The van der Waals surface area contributed by atoms with E-state index in [4.69, 9.17) is 5.11 Å². The van der Waals surface area contributed by atoms with Gasteiger partial charge in [-0.05, 0) is 44.1 Å². The van der Waals surface area contributed by atoms with Crippen LogP contribution in [0.4, 0.5) is 0 Å². The Labute approximate surface area is 108 Å². The minimum Gasteiger partial charge on any atom is -0.516 e. The number of rotatable bonds is 9. The Kier molecular flexibility index (Phi) is 11.0. The largest absolute Gasteiger partial charge is 0.516 e. The number of aliphatic hydroxyl groups excluding tert-OH is 1. The first-order valence-electron chi connectivity index (χ1n) is 6.20. The van der Waals surface area contributed by atoms with E-state index < -0.39 is 0 Å². The first-order chi connectivity index (χ1) is 7.24. The Morgan fingerprint density at radius 2 is 1.87 bits per heavy atom. The van der Waals surface area contributed by atoms with Gasteiger partial charge in [-0.25, -0.2) is 0 Å². The highest BCUT2D eigenvalue weighted by atomic mass is 127. The van der Waals surface area contributed by atoms with Crippen LogP contribution in [0.5, 0.6) is 0 Å². The van der Waals surface area contributed by atoms with E-state index in [0.717, 1.165) is 16.8 Å². The molecule has 0 aliphatic heterocycles. The topological polar surface area (TPSA) is 20.2 Å². The summed E-state index contributed by atoms with van der Waals surface area (Å²) in [6.45, 7) is 4.44. The van der Waals surface area contributed by atoms with Crippen LogP contribution in [0.2, 0.25) is 0 Å². The molecule has 0 aromatic heterocycles. The molecule has 90 valence electrons. The first-order valence-corrected chi connectivity index (χ1v) is 7.45. The minimum absolute atomic E-state index is 0.833. The molecule has 1 atom stereocenters. The lowest BCUT2D eigenvalue weighted by atomic mass is 10.0. The zero-order chi connectivity index (χ0) is 11.5. The molecule has 0 aliphatic rings. The highest BCUT2D eigenvalue weighted by Crippen LogP contribution is 2.18. The Balaban J connectivity index is 3.47. The highest BCUT2D eigenvalue weighted by Gasteiger charge is 2.01. The van der Waals surface area contributed by atoms with Crippen LogP contribution in [0.3, 0.4) is 0 Å². The van der Waals surface area contributed by atoms with Crippen LogP contribution in [-0.2, 0) is 0 Å². The smallest absolute Gasteiger partial charge is 0.0783 e. The monoisotopic (exact) mass is 324 g/mol. The van der Waals surface area contributed by atoms with E-state index in [1.165, 1.54) is 50.4 Å². The van der Waals surface area contributed by atoms with E-state index in [1.54, 1.807) is 0 Å². The number of aliphatic hydroxyl groups is 1. The lowest BCUT2D eigenvalue weighted by Gasteiger charge is -2.07. The van der Waals surface area contributed by atoms with Gasteiger partial charge in [0.2, 0.25) is 0 Å². The Hall–Kier alpha value is 0.270. The fraction of sp³-hybridized carbons (Fsp3) is 0.846. The lowest BCUT2D eigenvalue weighted by Crippen LogP contribution is -1.95. The Morgan fingerprint density at radius 3 is 2.40 bits per heavy atom. The second kappa shape index (κ2) is 10.8. The molecule has 15 heavy (non-hydrogen) atoms. The van der Waals surface area contributed by atoms with Gasteiger partial charge in [0.25, 0.3) is 0 Å². The number of allylic oxidation sites excluding steroid dienone is 1. The van der Waals surface area contributed by atoms with E-state index in [-0.39, 0.29) is 0 Å². The molecule has 0 aromatic carbocycles. The summed E-state index contributed by atoms with van der Waals surface area (Å²) in [5.74, 6) is 0. The number of unbranched alkanes of at least 4 members (excludes halogenated alkanes) is 2. The van der Waals surface area contributed by atoms with Gasteiger partial charge < -0.3 is 5.11 Å². The molecule has 0 amide bonds. The second-order valence-electron chi connectivity index (χ2n) is 4.14. The molecule has 0 fully saturated rings. The maximum absolute atomic E-state index is 9.04. The second-order valence-corrected chi connectivity index (χ2v) is 5.90. The van der Waals surface area contributed by atoms with Gasteiger partial charge in [0, 0.05) is 3.92 Å². The molecule has 0 rings (SSSR count). The summed E-state index contributed by atoms with van der Waals surface area (Å²) >= 11 is 2.53. The normalized spacial score (nSPS) is 14.2. The third kappa shape index (κ3) is 9.21. The summed E-state index contributed by atoms with van der Waals surface area (Å²) in [6, 6.07) is 0. The maximum atomic E-state index is 9.04. The van der Waals surface area contributed by atoms with Crippen LogP contribution >= 0.6 is 22.6 Å². The first kappa shape index (κ1) is 15.3. The van der Waals surface area contributed by atoms with Gasteiger partial charge in [0.1, 0.15) is 0 Å². The van der Waals surface area contributed by atoms with Crippen molar-refractivity contribution in [1.82, 2.24) is 0 Å². The van der Waals surface area contributed by atoms with Crippen molar-refractivity contribution in [3.63, 3.8) is 0 Å². The summed E-state index contributed by atoms with van der Waals surface area (Å²) in [5.41, 5.74) is 1.23. The highest BCUT2D eigenvalue weighted by molar-refractivity contribution is 14.1. The van der Waals surface area contributed by atoms with Crippen molar-refractivity contribution in [2.75, 3.05) is 0 Å². The van der Waals surface area contributed by atoms with Gasteiger partial charge in [0.05, 0.1) is 6.26 Å². The zero-order valence-electron chi connectivity index (χ0n) is 10.1. The molecule has 0 spiro atoms. The predicted molar refractivity (Wildman–Crippen MR) is 76.8 cm³/mol. The van der Waals surface area contributed by atoms with Crippen molar-refractivity contribution < 1.29 is 5.11 Å². The van der Waals surface area contributed by atoms with Crippen LogP contribution in [0.15, 0.2) is 11.8 Å². The Bertz CT molecular complexity index is 166. The molecule has 0 aromatic rings. The van der Waals surface area contributed by atoms with E-state index in [2.05, 4.69) is 36.4 Å². The van der Waals surface area contributed by atoms with Crippen molar-refractivity contribution in [3.8, 4) is 0 Å². The number of alkyl halides is 1. The van der Waals surface area contributed by atoms with Gasteiger partial charge >= 0.3 is 0 Å². The van der Waals surface area contributed by atoms with E-state index >= 15 is 0 Å². The summed E-state index contributed by atoms with van der Waals surface area (Å²) < 4.78 is 0.833. The van der Waals surface area contributed by atoms with Crippen molar-refractivity contribution >= 4 is 22.6 Å². The number of hydrogen-bond acceptors (Lipinski definition) is 1. The van der Waals surface area contributed by atoms with Crippen molar-refractivity contribution in [2.24, 2.45) is 0 Å². The van der Waals surface area contributed by atoms with Crippen molar-refractivity contribution in [1.29, 1.82) is 0 Å². The molecular formula is C13H25IO. The fourth-order valence-corrected chi connectivity index (χ4v) is 2.02. The van der Waals surface area contributed by atoms with Crippen LogP contribution in [0, 0.1) is 0 Å². The molecule has 0 bridgehead atoms. The molecular weight excluding hydrogens is 299 g/mol. The summed E-state index contributed by atoms with van der Waals surface area (Å²) in [6.07, 6.45) is 11.0. The fourth-order valence-electron chi connectivity index (χ4n) is 1.58. The van der Waals surface area contributed by atoms with Crippen molar-refractivity contribution in [3.05, 3.63) is 11.8 Å². The molecule has 2 heteroatoms. The number of hydrogen-bond donors (Lipinski definition) is 1. The average molecular weight is 324 g/mol. The third-order valence-electron chi connectivity index (χ3n) is 2.74. The van der Waals surface area contributed by atoms with Crippen LogP contribution in [-0.4, -0.2) is 9.03 Å². The molecule has 0 saturated carbocycles. The quantitative estimate of drug-likeness (QED) is 0.261. The minimum atomic E-state index is 0.833. The SMILES string of the molecule is CCCCC(=CO)CCCCC(I)CC. The average Bonchev–Trinajstić information content (AvgIpc) is 2.27. The standard InChI is InChI=1S/C13H25IO/c1-3-5-8-12(11-15)9-6-7-10-13(14)4-2/h11,13,15H,3-10H2,1-2H3. The van der Waals surface area contributed by atoms with Crippen LogP contribution in [0.1, 0.15) is 65.2 Å². The Morgan fingerprint density at radius 1 is 1.20 bits per heavy atom. The van der Waals surface area contributed by atoms with Gasteiger partial charge in [-0.1, -0.05) is 49.3 Å². The molecule has 1 unspecified atom stereocenters. The molecule has 1 N–H and O–H groups in total. The zero-order valence-corrected chi connectivity index (χ0v) is 12.3. The van der Waals surface area contributed by atoms with E-state index in [0.29, 0.717) is 0 Å². The molecule has 1 nitrogen and oxygen atoms in total. The lowest BCUT2D eigenvalue weighted by molar-refractivity contribution is 0.457. The van der Waals surface area contributed by atoms with Gasteiger partial charge in [-0.2, -0.15) is 0 Å². The van der Waals surface area contributed by atoms with Gasteiger partial charge in [-0.3, -0.25) is 0 Å². The summed E-state index contributed by atoms with van der Waals surface area (Å²) in [4.78, 5) is 0. The molecule has 0 radical (unpaired) electrons. The van der Waals surface area contributed by atoms with Crippen LogP contribution in [0.25, 0.3) is 0 Å². The number of halogens is 1. The predicted octanol–water partition coefficient (Wildman–Crippen LogP) is 5.39. The molecule has 0 saturated heterocycles. The van der Waals surface area contributed by atoms with Crippen molar-refractivity contribution in [2.45, 2.75) is 69.1 Å². The van der Waals surface area contributed by atoms with E-state index in [1.807, 2.05) is 0 Å². The van der Waals surface area contributed by atoms with E-state index in [9.17, 15) is 0 Å². The third-order valence-corrected chi connectivity index (χ3v) is 4.25. The molecule has 0 heterocycles. The summed E-state index contributed by atoms with van der Waals surface area (Å²) in [5, 5.41) is 9.04. The molecule has 0 aliphatic carbocycles. The maximum Gasteiger partial charge on any atom is 0.0783 e. The summed E-state index contributed by atoms with van der Waals surface area (Å²) in [7, 11) is 0. The van der Waals surface area contributed by atoms with Crippen LogP contribution < -0.4 is 0 Å².